The fraction of sp³-hybridized carbons (Fsp3) is 0.435. The van der Waals surface area contributed by atoms with Crippen LogP contribution in [0.15, 0.2) is 41.4 Å². The van der Waals surface area contributed by atoms with E-state index in [1.165, 1.54) is 11.3 Å². The van der Waals surface area contributed by atoms with Crippen molar-refractivity contribution in [1.29, 1.82) is 0 Å². The predicted molar refractivity (Wildman–Crippen MR) is 123 cm³/mol. The lowest BCUT2D eigenvalue weighted by molar-refractivity contribution is 0.122. The molecular weight excluding hydrogens is 396 g/mol. The minimum atomic E-state index is 0.557. The van der Waals surface area contributed by atoms with Gasteiger partial charge in [-0.2, -0.15) is 0 Å². The van der Waals surface area contributed by atoms with Crippen molar-refractivity contribution >= 4 is 11.6 Å². The van der Waals surface area contributed by atoms with E-state index < -0.39 is 0 Å². The number of morpholine rings is 1. The van der Waals surface area contributed by atoms with Crippen LogP contribution < -0.4 is 29.7 Å². The molecule has 0 spiro atoms. The monoisotopic (exact) mass is 428 g/mol. The third-order valence-corrected chi connectivity index (χ3v) is 5.20. The van der Waals surface area contributed by atoms with Gasteiger partial charge in [0.05, 0.1) is 34.5 Å². The molecule has 8 heteroatoms. The number of hydrogen-bond acceptors (Lipinski definition) is 6. The van der Waals surface area contributed by atoms with Gasteiger partial charge in [0.15, 0.2) is 17.5 Å². The Labute approximate surface area is 184 Å². The molecule has 2 aromatic rings. The molecule has 31 heavy (non-hydrogen) atoms. The summed E-state index contributed by atoms with van der Waals surface area (Å²) in [4.78, 5) is 6.72. The molecule has 0 aliphatic carbocycles. The van der Waals surface area contributed by atoms with E-state index in [4.69, 9.17) is 18.9 Å². The smallest absolute Gasteiger partial charge is 0.203 e. The fourth-order valence-electron chi connectivity index (χ4n) is 3.60. The Kier molecular flexibility index (Phi) is 8.23. The van der Waals surface area contributed by atoms with Crippen molar-refractivity contribution in [2.45, 2.75) is 13.1 Å². The molecule has 8 nitrogen and oxygen atoms in total. The first-order valence-corrected chi connectivity index (χ1v) is 10.3. The second-order valence-electron chi connectivity index (χ2n) is 7.04. The van der Waals surface area contributed by atoms with E-state index >= 15 is 0 Å². The third kappa shape index (κ3) is 5.73. The van der Waals surface area contributed by atoms with Crippen LogP contribution in [0.4, 0.5) is 5.69 Å². The van der Waals surface area contributed by atoms with Crippen LogP contribution in [0, 0.1) is 0 Å². The molecule has 1 aliphatic rings. The summed E-state index contributed by atoms with van der Waals surface area (Å²) in [6.07, 6.45) is 0. The predicted octanol–water partition coefficient (Wildman–Crippen LogP) is 2.41. The summed E-state index contributed by atoms with van der Waals surface area (Å²) in [7, 11) is 6.58. The van der Waals surface area contributed by atoms with Gasteiger partial charge in [0.25, 0.3) is 0 Å². The normalized spacial score (nSPS) is 14.2. The van der Waals surface area contributed by atoms with Crippen molar-refractivity contribution in [2.24, 2.45) is 4.99 Å². The van der Waals surface area contributed by atoms with E-state index in [-0.39, 0.29) is 0 Å². The highest BCUT2D eigenvalue weighted by molar-refractivity contribution is 5.80. The van der Waals surface area contributed by atoms with Crippen LogP contribution in [0.25, 0.3) is 0 Å². The minimum Gasteiger partial charge on any atom is -0.493 e. The first kappa shape index (κ1) is 22.6. The molecule has 0 aromatic heterocycles. The first-order chi connectivity index (χ1) is 15.2. The zero-order chi connectivity index (χ0) is 22.1. The summed E-state index contributed by atoms with van der Waals surface area (Å²) in [5.41, 5.74) is 3.45. The molecule has 1 aliphatic heterocycles. The molecule has 0 radical (unpaired) electrons. The van der Waals surface area contributed by atoms with Gasteiger partial charge in [-0.3, -0.25) is 4.99 Å². The minimum absolute atomic E-state index is 0.557. The number of methoxy groups -OCH3 is 3. The van der Waals surface area contributed by atoms with Gasteiger partial charge in [-0.05, 0) is 29.3 Å². The van der Waals surface area contributed by atoms with Gasteiger partial charge < -0.3 is 34.5 Å². The summed E-state index contributed by atoms with van der Waals surface area (Å²) >= 11 is 0. The van der Waals surface area contributed by atoms with E-state index in [0.717, 1.165) is 31.9 Å². The molecule has 1 fully saturated rings. The van der Waals surface area contributed by atoms with E-state index in [1.807, 2.05) is 12.1 Å². The maximum Gasteiger partial charge on any atom is 0.203 e. The lowest BCUT2D eigenvalue weighted by Gasteiger charge is -2.30. The largest absolute Gasteiger partial charge is 0.493 e. The number of aliphatic imine (C=N–C) groups is 1. The van der Waals surface area contributed by atoms with Crippen molar-refractivity contribution in [3.8, 4) is 17.2 Å². The van der Waals surface area contributed by atoms with E-state index in [2.05, 4.69) is 44.8 Å². The standard InChI is InChI=1S/C23H32N4O4/c1-24-23(25-15-17-13-20(28-2)22(30-4)21(14-17)29-3)26-16-18-7-5-6-8-19(18)27-9-11-31-12-10-27/h5-8,13-14H,9-12,15-16H2,1-4H3,(H2,24,25,26). The summed E-state index contributed by atoms with van der Waals surface area (Å²) in [5, 5.41) is 6.76. The highest BCUT2D eigenvalue weighted by Gasteiger charge is 2.15. The number of guanidine groups is 1. The molecule has 0 unspecified atom stereocenters. The van der Waals surface area contributed by atoms with Crippen LogP contribution in [0.2, 0.25) is 0 Å². The molecule has 2 N–H and O–H groups in total. The van der Waals surface area contributed by atoms with Crippen LogP contribution in [0.3, 0.4) is 0 Å². The van der Waals surface area contributed by atoms with E-state index in [1.54, 1.807) is 28.4 Å². The number of benzene rings is 2. The molecule has 168 valence electrons. The molecule has 0 bridgehead atoms. The van der Waals surface area contributed by atoms with Gasteiger partial charge in [-0.25, -0.2) is 0 Å². The number of nitrogens with zero attached hydrogens (tertiary/aromatic N) is 2. The third-order valence-electron chi connectivity index (χ3n) is 5.20. The van der Waals surface area contributed by atoms with Gasteiger partial charge in [-0.15, -0.1) is 0 Å². The van der Waals surface area contributed by atoms with Crippen molar-refractivity contribution < 1.29 is 18.9 Å². The molecule has 1 heterocycles. The van der Waals surface area contributed by atoms with Crippen LogP contribution in [-0.4, -0.2) is 60.6 Å². The maximum absolute atomic E-state index is 5.49. The Bertz CT molecular complexity index is 857. The van der Waals surface area contributed by atoms with Gasteiger partial charge in [0.2, 0.25) is 5.75 Å². The molecule has 0 amide bonds. The molecule has 0 atom stereocenters. The average Bonchev–Trinajstić information content (AvgIpc) is 2.84. The van der Waals surface area contributed by atoms with Crippen molar-refractivity contribution in [3.05, 3.63) is 47.5 Å². The van der Waals surface area contributed by atoms with Gasteiger partial charge in [0.1, 0.15) is 0 Å². The highest BCUT2D eigenvalue weighted by atomic mass is 16.5. The zero-order valence-corrected chi connectivity index (χ0v) is 18.7. The number of nitrogens with one attached hydrogen (secondary N) is 2. The molecule has 0 saturated carbocycles. The SMILES string of the molecule is CN=C(NCc1cc(OC)c(OC)c(OC)c1)NCc1ccccc1N1CCOCC1. The van der Waals surface area contributed by atoms with Gasteiger partial charge in [-0.1, -0.05) is 18.2 Å². The Morgan fingerprint density at radius 2 is 1.61 bits per heavy atom. The lowest BCUT2D eigenvalue weighted by Crippen LogP contribution is -2.39. The second kappa shape index (κ2) is 11.3. The quantitative estimate of drug-likeness (QED) is 0.494. The van der Waals surface area contributed by atoms with Gasteiger partial charge in [0, 0.05) is 38.9 Å². The lowest BCUT2D eigenvalue weighted by atomic mass is 10.1. The van der Waals surface area contributed by atoms with E-state index in [9.17, 15) is 0 Å². The summed E-state index contributed by atoms with van der Waals surface area (Å²) in [6, 6.07) is 12.3. The first-order valence-electron chi connectivity index (χ1n) is 10.3. The van der Waals surface area contributed by atoms with Crippen molar-refractivity contribution in [1.82, 2.24) is 10.6 Å². The van der Waals surface area contributed by atoms with Crippen LogP contribution in [0.1, 0.15) is 11.1 Å². The molecular formula is C23H32N4O4. The van der Waals surface area contributed by atoms with Crippen molar-refractivity contribution in [3.63, 3.8) is 0 Å². The number of anilines is 1. The number of rotatable bonds is 8. The maximum atomic E-state index is 5.49. The zero-order valence-electron chi connectivity index (χ0n) is 18.7. The molecule has 3 rings (SSSR count). The summed E-state index contributed by atoms with van der Waals surface area (Å²) in [5.74, 6) is 2.54. The topological polar surface area (TPSA) is 76.6 Å². The Morgan fingerprint density at radius 3 is 2.23 bits per heavy atom. The van der Waals surface area contributed by atoms with Crippen LogP contribution in [0.5, 0.6) is 17.2 Å². The number of hydrogen-bond donors (Lipinski definition) is 2. The van der Waals surface area contributed by atoms with Crippen molar-refractivity contribution in [2.75, 3.05) is 59.6 Å². The Hall–Kier alpha value is -3.13. The second-order valence-corrected chi connectivity index (χ2v) is 7.04. The van der Waals surface area contributed by atoms with Gasteiger partial charge >= 0.3 is 0 Å². The molecule has 2 aromatic carbocycles. The van der Waals surface area contributed by atoms with E-state index in [0.29, 0.717) is 36.3 Å². The Balaban J connectivity index is 1.64. The van der Waals surface area contributed by atoms with Crippen LogP contribution >= 0.6 is 0 Å². The fourth-order valence-corrected chi connectivity index (χ4v) is 3.60. The summed E-state index contributed by atoms with van der Waals surface area (Å²) in [6.45, 7) is 4.57. The number of para-hydroxylation sites is 1. The highest BCUT2D eigenvalue weighted by Crippen LogP contribution is 2.38. The average molecular weight is 429 g/mol. The molecule has 1 saturated heterocycles. The van der Waals surface area contributed by atoms with Crippen LogP contribution in [-0.2, 0) is 17.8 Å². The summed E-state index contributed by atoms with van der Waals surface area (Å²) < 4.78 is 21.7. The Morgan fingerprint density at radius 1 is 0.968 bits per heavy atom. The number of ether oxygens (including phenoxy) is 4.